The summed E-state index contributed by atoms with van der Waals surface area (Å²) in [5.74, 6) is 0.433. The first-order valence-electron chi connectivity index (χ1n) is 6.53. The van der Waals surface area contributed by atoms with E-state index in [0.717, 1.165) is 25.1 Å². The van der Waals surface area contributed by atoms with E-state index in [1.165, 1.54) is 0 Å². The Balaban J connectivity index is 1.99. The van der Waals surface area contributed by atoms with Crippen molar-refractivity contribution in [2.75, 3.05) is 18.4 Å². The van der Waals surface area contributed by atoms with Crippen molar-refractivity contribution in [1.29, 1.82) is 0 Å². The van der Waals surface area contributed by atoms with Gasteiger partial charge in [0.1, 0.15) is 0 Å². The summed E-state index contributed by atoms with van der Waals surface area (Å²) in [6.07, 6.45) is 2.15. The fourth-order valence-electron chi connectivity index (χ4n) is 2.37. The number of urea groups is 1. The summed E-state index contributed by atoms with van der Waals surface area (Å²) >= 11 is 0. The van der Waals surface area contributed by atoms with E-state index in [0.29, 0.717) is 12.5 Å². The van der Waals surface area contributed by atoms with Gasteiger partial charge < -0.3 is 16.0 Å². The van der Waals surface area contributed by atoms with Crippen LogP contribution >= 0.6 is 0 Å². The van der Waals surface area contributed by atoms with Gasteiger partial charge >= 0.3 is 6.03 Å². The Morgan fingerprint density at radius 1 is 1.39 bits per heavy atom. The summed E-state index contributed by atoms with van der Waals surface area (Å²) in [6, 6.07) is 9.82. The van der Waals surface area contributed by atoms with Gasteiger partial charge in [-0.1, -0.05) is 18.2 Å². The SMILES string of the molecule is CC1CCC(CN)CN1C(=O)Nc1ccccc1. The fraction of sp³-hybridized carbons (Fsp3) is 0.500. The third-order valence-corrected chi connectivity index (χ3v) is 3.60. The molecule has 1 aromatic rings. The van der Waals surface area contributed by atoms with Gasteiger partial charge in [-0.25, -0.2) is 4.79 Å². The summed E-state index contributed by atoms with van der Waals surface area (Å²) < 4.78 is 0. The van der Waals surface area contributed by atoms with Gasteiger partial charge in [0.25, 0.3) is 0 Å². The smallest absolute Gasteiger partial charge is 0.322 e. The van der Waals surface area contributed by atoms with Crippen LogP contribution in [-0.2, 0) is 0 Å². The van der Waals surface area contributed by atoms with Gasteiger partial charge in [-0.15, -0.1) is 0 Å². The number of amides is 2. The first-order valence-corrected chi connectivity index (χ1v) is 6.53. The highest BCUT2D eigenvalue weighted by Gasteiger charge is 2.28. The maximum absolute atomic E-state index is 12.2. The van der Waals surface area contributed by atoms with Crippen molar-refractivity contribution in [1.82, 2.24) is 4.90 Å². The van der Waals surface area contributed by atoms with Crippen molar-refractivity contribution in [2.24, 2.45) is 11.7 Å². The number of nitrogens with one attached hydrogen (secondary N) is 1. The number of anilines is 1. The number of para-hydroxylation sites is 1. The normalized spacial score (nSPS) is 23.8. The van der Waals surface area contributed by atoms with Crippen LogP contribution in [0.3, 0.4) is 0 Å². The summed E-state index contributed by atoms with van der Waals surface area (Å²) in [4.78, 5) is 14.1. The summed E-state index contributed by atoms with van der Waals surface area (Å²) in [5, 5.41) is 2.93. The van der Waals surface area contributed by atoms with Gasteiger partial charge in [0.2, 0.25) is 0 Å². The monoisotopic (exact) mass is 247 g/mol. The van der Waals surface area contributed by atoms with Crippen LogP contribution in [0.4, 0.5) is 10.5 Å². The lowest BCUT2D eigenvalue weighted by molar-refractivity contribution is 0.144. The minimum absolute atomic E-state index is 0.0214. The minimum Gasteiger partial charge on any atom is -0.330 e. The molecule has 0 radical (unpaired) electrons. The molecule has 1 saturated heterocycles. The van der Waals surface area contributed by atoms with E-state index in [4.69, 9.17) is 5.73 Å². The number of nitrogens with two attached hydrogens (primary N) is 1. The Morgan fingerprint density at radius 3 is 2.78 bits per heavy atom. The zero-order valence-corrected chi connectivity index (χ0v) is 10.8. The number of carbonyl (C=O) groups is 1. The van der Waals surface area contributed by atoms with Crippen LogP contribution in [0.1, 0.15) is 19.8 Å². The van der Waals surface area contributed by atoms with Crippen molar-refractivity contribution >= 4 is 11.7 Å². The molecule has 1 fully saturated rings. The third kappa shape index (κ3) is 3.01. The first-order chi connectivity index (χ1) is 8.70. The molecule has 18 heavy (non-hydrogen) atoms. The maximum atomic E-state index is 12.2. The Bertz CT molecular complexity index is 393. The summed E-state index contributed by atoms with van der Waals surface area (Å²) in [5.41, 5.74) is 6.54. The van der Waals surface area contributed by atoms with Gasteiger partial charge in [0, 0.05) is 18.3 Å². The van der Waals surface area contributed by atoms with E-state index in [9.17, 15) is 4.79 Å². The molecule has 0 spiro atoms. The Kier molecular flexibility index (Phi) is 4.20. The number of likely N-dealkylation sites (tertiary alicyclic amines) is 1. The van der Waals surface area contributed by atoms with Crippen molar-refractivity contribution in [3.05, 3.63) is 30.3 Å². The predicted octanol–water partition coefficient (Wildman–Crippen LogP) is 2.28. The molecule has 0 saturated carbocycles. The molecule has 2 unspecified atom stereocenters. The Labute approximate surface area is 108 Å². The fourth-order valence-corrected chi connectivity index (χ4v) is 2.37. The molecular formula is C14H21N3O. The van der Waals surface area contributed by atoms with E-state index in [-0.39, 0.29) is 12.1 Å². The van der Waals surface area contributed by atoms with Crippen LogP contribution in [0.25, 0.3) is 0 Å². The molecule has 98 valence electrons. The molecule has 4 heteroatoms. The average Bonchev–Trinajstić information content (AvgIpc) is 2.40. The van der Waals surface area contributed by atoms with E-state index >= 15 is 0 Å². The topological polar surface area (TPSA) is 58.4 Å². The van der Waals surface area contributed by atoms with E-state index in [1.807, 2.05) is 35.2 Å². The van der Waals surface area contributed by atoms with Crippen LogP contribution < -0.4 is 11.1 Å². The average molecular weight is 247 g/mol. The lowest BCUT2D eigenvalue weighted by atomic mass is 9.94. The van der Waals surface area contributed by atoms with Crippen molar-refractivity contribution in [3.63, 3.8) is 0 Å². The largest absolute Gasteiger partial charge is 0.330 e. The molecule has 2 amide bonds. The van der Waals surface area contributed by atoms with Crippen LogP contribution in [0.5, 0.6) is 0 Å². The molecule has 1 aliphatic rings. The second-order valence-electron chi connectivity index (χ2n) is 4.98. The van der Waals surface area contributed by atoms with Gasteiger partial charge in [0.15, 0.2) is 0 Å². The Hall–Kier alpha value is -1.55. The first kappa shape index (κ1) is 12.9. The second-order valence-corrected chi connectivity index (χ2v) is 4.98. The predicted molar refractivity (Wildman–Crippen MR) is 73.4 cm³/mol. The van der Waals surface area contributed by atoms with Gasteiger partial charge in [-0.2, -0.15) is 0 Å². The van der Waals surface area contributed by atoms with Crippen molar-refractivity contribution in [2.45, 2.75) is 25.8 Å². The van der Waals surface area contributed by atoms with Crippen LogP contribution in [-0.4, -0.2) is 30.1 Å². The number of rotatable bonds is 2. The van der Waals surface area contributed by atoms with Gasteiger partial charge in [0.05, 0.1) is 0 Å². The quantitative estimate of drug-likeness (QED) is 0.842. The summed E-state index contributed by atoms with van der Waals surface area (Å²) in [7, 11) is 0. The highest BCUT2D eigenvalue weighted by molar-refractivity contribution is 5.89. The van der Waals surface area contributed by atoms with Crippen LogP contribution in [0.15, 0.2) is 30.3 Å². The van der Waals surface area contributed by atoms with Crippen LogP contribution in [0.2, 0.25) is 0 Å². The molecular weight excluding hydrogens is 226 g/mol. The molecule has 4 nitrogen and oxygen atoms in total. The lowest BCUT2D eigenvalue weighted by Crippen LogP contribution is -2.48. The van der Waals surface area contributed by atoms with Gasteiger partial charge in [-0.05, 0) is 44.4 Å². The second kappa shape index (κ2) is 5.87. The van der Waals surface area contributed by atoms with Crippen LogP contribution in [0, 0.1) is 5.92 Å². The van der Waals surface area contributed by atoms with E-state index in [1.54, 1.807) is 0 Å². The zero-order chi connectivity index (χ0) is 13.0. The highest BCUT2D eigenvalue weighted by atomic mass is 16.2. The molecule has 0 bridgehead atoms. The Morgan fingerprint density at radius 2 is 2.11 bits per heavy atom. The lowest BCUT2D eigenvalue weighted by Gasteiger charge is -2.37. The van der Waals surface area contributed by atoms with Gasteiger partial charge in [-0.3, -0.25) is 0 Å². The molecule has 2 rings (SSSR count). The molecule has 2 atom stereocenters. The minimum atomic E-state index is -0.0214. The number of carbonyl (C=O) groups excluding carboxylic acids is 1. The number of nitrogens with zero attached hydrogens (tertiary/aromatic N) is 1. The van der Waals surface area contributed by atoms with Crippen molar-refractivity contribution < 1.29 is 4.79 Å². The van der Waals surface area contributed by atoms with E-state index in [2.05, 4.69) is 12.2 Å². The summed E-state index contributed by atoms with van der Waals surface area (Å²) in [6.45, 7) is 3.51. The van der Waals surface area contributed by atoms with Crippen molar-refractivity contribution in [3.8, 4) is 0 Å². The number of piperidine rings is 1. The zero-order valence-electron chi connectivity index (χ0n) is 10.8. The number of hydrogen-bond donors (Lipinski definition) is 2. The molecule has 1 aromatic carbocycles. The molecule has 1 aliphatic heterocycles. The number of hydrogen-bond acceptors (Lipinski definition) is 2. The maximum Gasteiger partial charge on any atom is 0.322 e. The number of benzene rings is 1. The molecule has 0 aliphatic carbocycles. The molecule has 0 aromatic heterocycles. The molecule has 3 N–H and O–H groups in total. The standard InChI is InChI=1S/C14H21N3O/c1-11-7-8-12(9-15)10-17(11)14(18)16-13-5-3-2-4-6-13/h2-6,11-12H,7-10,15H2,1H3,(H,16,18). The third-order valence-electron chi connectivity index (χ3n) is 3.60. The van der Waals surface area contributed by atoms with E-state index < -0.39 is 0 Å². The molecule has 1 heterocycles. The highest BCUT2D eigenvalue weighted by Crippen LogP contribution is 2.22.